The summed E-state index contributed by atoms with van der Waals surface area (Å²) >= 11 is 0. The molecule has 2 rings (SSSR count). The fourth-order valence-corrected chi connectivity index (χ4v) is 3.91. The zero-order valence-electron chi connectivity index (χ0n) is 14.9. The molecule has 1 heterocycles. The normalized spacial score (nSPS) is 17.9. The molecule has 1 amide bonds. The molecule has 0 radical (unpaired) electrons. The molecule has 8 heteroatoms. The number of ether oxygens (including phenoxy) is 2. The largest absolute Gasteiger partial charge is 0.496 e. The van der Waals surface area contributed by atoms with Crippen LogP contribution in [0.15, 0.2) is 24.3 Å². The number of amides is 1. The van der Waals surface area contributed by atoms with Gasteiger partial charge in [0.05, 0.1) is 13.4 Å². The molecule has 1 aromatic rings. The van der Waals surface area contributed by atoms with Crippen LogP contribution >= 0.6 is 0 Å². The Morgan fingerprint density at radius 2 is 1.92 bits per heavy atom. The van der Waals surface area contributed by atoms with E-state index in [-0.39, 0.29) is 17.9 Å². The summed E-state index contributed by atoms with van der Waals surface area (Å²) < 4.78 is 35.3. The van der Waals surface area contributed by atoms with E-state index in [4.69, 9.17) is 9.47 Å². The first kappa shape index (κ1) is 19.7. The van der Waals surface area contributed by atoms with Gasteiger partial charge in [-0.3, -0.25) is 4.79 Å². The molecule has 7 nitrogen and oxygen atoms in total. The van der Waals surface area contributed by atoms with E-state index in [2.05, 4.69) is 5.32 Å². The van der Waals surface area contributed by atoms with Crippen LogP contribution in [0.3, 0.4) is 0 Å². The minimum Gasteiger partial charge on any atom is -0.496 e. The highest BCUT2D eigenvalue weighted by Gasteiger charge is 2.29. The van der Waals surface area contributed by atoms with Crippen LogP contribution in [0.5, 0.6) is 5.75 Å². The number of rotatable bonds is 7. The Hall–Kier alpha value is -1.64. The summed E-state index contributed by atoms with van der Waals surface area (Å²) in [5, 5.41) is 2.92. The van der Waals surface area contributed by atoms with Crippen LogP contribution in [0.1, 0.15) is 24.5 Å². The summed E-state index contributed by atoms with van der Waals surface area (Å²) in [7, 11) is 0.00737. The van der Waals surface area contributed by atoms with E-state index >= 15 is 0 Å². The number of piperidine rings is 1. The molecular formula is C17H26N2O5S. The summed E-state index contributed by atoms with van der Waals surface area (Å²) in [6.07, 6.45) is 1.96. The third-order valence-corrected chi connectivity index (χ3v) is 5.83. The van der Waals surface area contributed by atoms with Crippen molar-refractivity contribution in [1.82, 2.24) is 9.62 Å². The number of hydrogen-bond acceptors (Lipinski definition) is 5. The van der Waals surface area contributed by atoms with Crippen LogP contribution in [0.25, 0.3) is 0 Å². The SMILES string of the molecule is COc1ccccc1C(CNC(=O)C1CCN(S(C)(=O)=O)CC1)OC. The van der Waals surface area contributed by atoms with E-state index in [1.807, 2.05) is 24.3 Å². The van der Waals surface area contributed by atoms with Crippen molar-refractivity contribution in [2.24, 2.45) is 5.92 Å². The number of hydrogen-bond donors (Lipinski definition) is 1. The molecule has 1 fully saturated rings. The van der Waals surface area contributed by atoms with Gasteiger partial charge in [0.15, 0.2) is 0 Å². The maximum Gasteiger partial charge on any atom is 0.223 e. The standard InChI is InChI=1S/C17H26N2O5S/c1-23-15-7-5-4-6-14(15)16(24-2)12-18-17(20)13-8-10-19(11-9-13)25(3,21)22/h4-7,13,16H,8-12H2,1-3H3,(H,18,20). The maximum absolute atomic E-state index is 12.4. The van der Waals surface area contributed by atoms with Gasteiger partial charge >= 0.3 is 0 Å². The molecular weight excluding hydrogens is 344 g/mol. The molecule has 1 unspecified atom stereocenters. The van der Waals surface area contributed by atoms with Gasteiger partial charge in [0, 0.05) is 38.2 Å². The molecule has 1 aromatic carbocycles. The number of para-hydroxylation sites is 1. The number of nitrogens with zero attached hydrogens (tertiary/aromatic N) is 1. The van der Waals surface area contributed by atoms with Gasteiger partial charge in [-0.25, -0.2) is 12.7 Å². The van der Waals surface area contributed by atoms with Crippen LogP contribution < -0.4 is 10.1 Å². The molecule has 1 aliphatic rings. The molecule has 1 saturated heterocycles. The molecule has 0 spiro atoms. The van der Waals surface area contributed by atoms with Gasteiger partial charge < -0.3 is 14.8 Å². The Labute approximate surface area is 149 Å². The number of carbonyl (C=O) groups excluding carboxylic acids is 1. The van der Waals surface area contributed by atoms with Gasteiger partial charge in [-0.15, -0.1) is 0 Å². The Morgan fingerprint density at radius 3 is 2.48 bits per heavy atom. The van der Waals surface area contributed by atoms with Crippen molar-refractivity contribution >= 4 is 15.9 Å². The second kappa shape index (κ2) is 8.64. The van der Waals surface area contributed by atoms with E-state index in [1.54, 1.807) is 14.2 Å². The van der Waals surface area contributed by atoms with E-state index in [0.717, 1.165) is 5.56 Å². The average Bonchev–Trinajstić information content (AvgIpc) is 2.61. The summed E-state index contributed by atoms with van der Waals surface area (Å²) in [5.74, 6) is 0.475. The zero-order valence-corrected chi connectivity index (χ0v) is 15.7. The molecule has 0 aromatic heterocycles. The van der Waals surface area contributed by atoms with Crippen molar-refractivity contribution in [1.29, 1.82) is 0 Å². The Balaban J connectivity index is 1.91. The van der Waals surface area contributed by atoms with Gasteiger partial charge in [-0.05, 0) is 18.9 Å². The minimum atomic E-state index is -3.18. The number of nitrogens with one attached hydrogen (secondary N) is 1. The highest BCUT2D eigenvalue weighted by Crippen LogP contribution is 2.27. The van der Waals surface area contributed by atoms with Gasteiger partial charge in [0.2, 0.25) is 15.9 Å². The number of methoxy groups -OCH3 is 2. The molecule has 0 saturated carbocycles. The highest BCUT2D eigenvalue weighted by molar-refractivity contribution is 7.88. The third-order valence-electron chi connectivity index (χ3n) is 4.53. The van der Waals surface area contributed by atoms with Crippen molar-refractivity contribution < 1.29 is 22.7 Å². The van der Waals surface area contributed by atoms with Gasteiger partial charge in [-0.2, -0.15) is 0 Å². The molecule has 1 atom stereocenters. The van der Waals surface area contributed by atoms with Crippen LogP contribution in [0, 0.1) is 5.92 Å². The first-order chi connectivity index (χ1) is 11.9. The first-order valence-corrected chi connectivity index (χ1v) is 10.1. The zero-order chi connectivity index (χ0) is 18.4. The topological polar surface area (TPSA) is 84.9 Å². The summed E-state index contributed by atoms with van der Waals surface area (Å²) in [5.41, 5.74) is 0.875. The predicted octanol–water partition coefficient (Wildman–Crippen LogP) is 1.17. The smallest absolute Gasteiger partial charge is 0.223 e. The van der Waals surface area contributed by atoms with Crippen LogP contribution in [0.4, 0.5) is 0 Å². The second-order valence-corrected chi connectivity index (χ2v) is 8.13. The lowest BCUT2D eigenvalue weighted by Gasteiger charge is -2.29. The lowest BCUT2D eigenvalue weighted by molar-refractivity contribution is -0.126. The Morgan fingerprint density at radius 1 is 1.28 bits per heavy atom. The monoisotopic (exact) mass is 370 g/mol. The Kier molecular flexibility index (Phi) is 6.80. The average molecular weight is 370 g/mol. The number of sulfonamides is 1. The van der Waals surface area contributed by atoms with Gasteiger partial charge in [0.1, 0.15) is 11.9 Å². The van der Waals surface area contributed by atoms with Gasteiger partial charge in [0.25, 0.3) is 0 Å². The molecule has 0 aliphatic carbocycles. The minimum absolute atomic E-state index is 0.0647. The van der Waals surface area contributed by atoms with Crippen molar-refractivity contribution in [2.75, 3.05) is 40.1 Å². The number of carbonyl (C=O) groups is 1. The van der Waals surface area contributed by atoms with E-state index < -0.39 is 10.0 Å². The lowest BCUT2D eigenvalue weighted by Crippen LogP contribution is -2.43. The molecule has 0 bridgehead atoms. The molecule has 1 N–H and O–H groups in total. The third kappa shape index (κ3) is 5.17. The van der Waals surface area contributed by atoms with Crippen molar-refractivity contribution in [3.05, 3.63) is 29.8 Å². The van der Waals surface area contributed by atoms with Crippen molar-refractivity contribution in [3.63, 3.8) is 0 Å². The Bertz CT molecular complexity index is 684. The second-order valence-electron chi connectivity index (χ2n) is 6.15. The van der Waals surface area contributed by atoms with Crippen LogP contribution in [-0.2, 0) is 19.6 Å². The summed E-state index contributed by atoms with van der Waals surface area (Å²) in [6.45, 7) is 1.11. The molecule has 25 heavy (non-hydrogen) atoms. The first-order valence-electron chi connectivity index (χ1n) is 8.25. The number of benzene rings is 1. The van der Waals surface area contributed by atoms with Crippen molar-refractivity contribution in [3.8, 4) is 5.75 Å². The van der Waals surface area contributed by atoms with Gasteiger partial charge in [-0.1, -0.05) is 18.2 Å². The molecule has 1 aliphatic heterocycles. The maximum atomic E-state index is 12.4. The fourth-order valence-electron chi connectivity index (χ4n) is 3.04. The van der Waals surface area contributed by atoms with Crippen LogP contribution in [0.2, 0.25) is 0 Å². The van der Waals surface area contributed by atoms with E-state index in [1.165, 1.54) is 10.6 Å². The van der Waals surface area contributed by atoms with E-state index in [9.17, 15) is 13.2 Å². The van der Waals surface area contributed by atoms with Crippen molar-refractivity contribution in [2.45, 2.75) is 18.9 Å². The summed E-state index contributed by atoms with van der Waals surface area (Å²) in [6, 6.07) is 7.53. The molecule has 140 valence electrons. The lowest BCUT2D eigenvalue weighted by atomic mass is 9.97. The highest BCUT2D eigenvalue weighted by atomic mass is 32.2. The quantitative estimate of drug-likeness (QED) is 0.779. The van der Waals surface area contributed by atoms with E-state index in [0.29, 0.717) is 38.2 Å². The summed E-state index contributed by atoms with van der Waals surface area (Å²) in [4.78, 5) is 12.4. The van der Waals surface area contributed by atoms with Crippen LogP contribution in [-0.4, -0.2) is 58.7 Å². The predicted molar refractivity (Wildman–Crippen MR) is 94.9 cm³/mol. The fraction of sp³-hybridized carbons (Fsp3) is 0.588.